The molecular weight excluding hydrogens is 341 g/mol. The number of halogens is 1. The number of methoxy groups -OCH3 is 3. The molecule has 0 saturated carbocycles. The molecule has 6 nitrogen and oxygen atoms in total. The monoisotopic (exact) mass is 361 g/mol. The van der Waals surface area contributed by atoms with Crippen molar-refractivity contribution in [2.75, 3.05) is 27.9 Å². The van der Waals surface area contributed by atoms with Crippen molar-refractivity contribution in [1.29, 1.82) is 0 Å². The predicted molar refractivity (Wildman–Crippen MR) is 93.0 cm³/mol. The number of nitrogens with one attached hydrogen (secondary N) is 1. The molecule has 0 fully saturated rings. The number of carbonyl (C=O) groups excluding carboxylic acids is 1. The Kier molecular flexibility index (Phi) is 5.16. The van der Waals surface area contributed by atoms with E-state index < -0.39 is 0 Å². The fraction of sp³-hybridized carbons (Fsp3) is 0.316. The number of amides is 1. The second-order valence-corrected chi connectivity index (χ2v) is 5.82. The summed E-state index contributed by atoms with van der Waals surface area (Å²) in [5, 5.41) is 2.82. The fourth-order valence-electron chi connectivity index (χ4n) is 2.92. The van der Waals surface area contributed by atoms with Crippen LogP contribution in [0.5, 0.6) is 23.0 Å². The van der Waals surface area contributed by atoms with Gasteiger partial charge in [0.05, 0.1) is 27.9 Å². The van der Waals surface area contributed by atoms with Crippen molar-refractivity contribution < 1.29 is 28.1 Å². The third-order valence-electron chi connectivity index (χ3n) is 4.18. The molecular formula is C19H20FNO5. The lowest BCUT2D eigenvalue weighted by molar-refractivity contribution is 0.0932. The molecule has 0 bridgehead atoms. The summed E-state index contributed by atoms with van der Waals surface area (Å²) in [5.41, 5.74) is 1.18. The molecule has 1 amide bonds. The summed E-state index contributed by atoms with van der Waals surface area (Å²) in [6.07, 6.45) is 0.306. The summed E-state index contributed by atoms with van der Waals surface area (Å²) in [4.78, 5) is 12.5. The molecule has 1 unspecified atom stereocenters. The molecule has 1 atom stereocenters. The molecule has 26 heavy (non-hydrogen) atoms. The van der Waals surface area contributed by atoms with E-state index in [1.165, 1.54) is 33.5 Å². The molecule has 7 heteroatoms. The number of carbonyl (C=O) groups is 1. The Morgan fingerprint density at radius 1 is 1.15 bits per heavy atom. The standard InChI is InChI=1S/C19H20FNO5/c1-23-16-8-12(9-17(24-2)18(16)25-3)19(22)21-10-14-7-11-6-13(20)4-5-15(11)26-14/h4-6,8-9,14H,7,10H2,1-3H3,(H,21,22). The van der Waals surface area contributed by atoms with Gasteiger partial charge in [-0.1, -0.05) is 0 Å². The molecule has 1 aliphatic heterocycles. The molecule has 0 spiro atoms. The highest BCUT2D eigenvalue weighted by molar-refractivity contribution is 5.95. The largest absolute Gasteiger partial charge is 0.493 e. The van der Waals surface area contributed by atoms with Crippen molar-refractivity contribution in [2.24, 2.45) is 0 Å². The molecule has 0 saturated heterocycles. The SMILES string of the molecule is COc1cc(C(=O)NCC2Cc3cc(F)ccc3O2)cc(OC)c1OC. The number of benzene rings is 2. The summed E-state index contributed by atoms with van der Waals surface area (Å²) in [5.74, 6) is 1.28. The van der Waals surface area contributed by atoms with Crippen molar-refractivity contribution >= 4 is 5.91 Å². The Labute approximate surface area is 150 Å². The maximum Gasteiger partial charge on any atom is 0.251 e. The van der Waals surface area contributed by atoms with Gasteiger partial charge in [0.1, 0.15) is 17.7 Å². The van der Waals surface area contributed by atoms with Gasteiger partial charge in [-0.15, -0.1) is 0 Å². The van der Waals surface area contributed by atoms with Gasteiger partial charge in [-0.3, -0.25) is 4.79 Å². The Hall–Kier alpha value is -2.96. The van der Waals surface area contributed by atoms with Crippen molar-refractivity contribution in [3.8, 4) is 23.0 Å². The minimum Gasteiger partial charge on any atom is -0.493 e. The first-order valence-corrected chi connectivity index (χ1v) is 8.09. The van der Waals surface area contributed by atoms with Crippen LogP contribution in [0.15, 0.2) is 30.3 Å². The van der Waals surface area contributed by atoms with Crippen LogP contribution in [0.25, 0.3) is 0 Å². The quantitative estimate of drug-likeness (QED) is 0.857. The first-order chi connectivity index (χ1) is 12.5. The maximum atomic E-state index is 13.3. The van der Waals surface area contributed by atoms with E-state index in [2.05, 4.69) is 5.32 Å². The smallest absolute Gasteiger partial charge is 0.251 e. The van der Waals surface area contributed by atoms with Crippen LogP contribution >= 0.6 is 0 Å². The Bertz CT molecular complexity index is 799. The summed E-state index contributed by atoms with van der Waals surface area (Å²) in [6, 6.07) is 7.57. The number of rotatable bonds is 6. The molecule has 1 N–H and O–H groups in total. The lowest BCUT2D eigenvalue weighted by Crippen LogP contribution is -2.34. The highest BCUT2D eigenvalue weighted by Crippen LogP contribution is 2.38. The summed E-state index contributed by atoms with van der Waals surface area (Å²) in [7, 11) is 4.47. The van der Waals surface area contributed by atoms with Crippen molar-refractivity contribution in [3.63, 3.8) is 0 Å². The van der Waals surface area contributed by atoms with Gasteiger partial charge in [-0.2, -0.15) is 0 Å². The summed E-state index contributed by atoms with van der Waals surface area (Å²) < 4.78 is 34.8. The maximum absolute atomic E-state index is 13.3. The van der Waals surface area contributed by atoms with Gasteiger partial charge in [0.2, 0.25) is 5.75 Å². The second kappa shape index (κ2) is 7.51. The zero-order chi connectivity index (χ0) is 18.7. The summed E-state index contributed by atoms with van der Waals surface area (Å²) in [6.45, 7) is 0.297. The molecule has 1 heterocycles. The highest BCUT2D eigenvalue weighted by atomic mass is 19.1. The van der Waals surface area contributed by atoms with E-state index in [1.54, 1.807) is 18.2 Å². The van der Waals surface area contributed by atoms with Gasteiger partial charge in [-0.25, -0.2) is 4.39 Å². The molecule has 2 aromatic rings. The third-order valence-corrected chi connectivity index (χ3v) is 4.18. The van der Waals surface area contributed by atoms with Crippen molar-refractivity contribution in [1.82, 2.24) is 5.32 Å². The molecule has 0 radical (unpaired) electrons. The van der Waals surface area contributed by atoms with Crippen LogP contribution in [0, 0.1) is 5.82 Å². The van der Waals surface area contributed by atoms with Crippen LogP contribution < -0.4 is 24.3 Å². The third kappa shape index (κ3) is 3.51. The van der Waals surface area contributed by atoms with Crippen LogP contribution in [0.2, 0.25) is 0 Å². The number of fused-ring (bicyclic) bond motifs is 1. The fourth-order valence-corrected chi connectivity index (χ4v) is 2.92. The topological polar surface area (TPSA) is 66.0 Å². The number of ether oxygens (including phenoxy) is 4. The van der Waals surface area contributed by atoms with E-state index in [9.17, 15) is 9.18 Å². The molecule has 1 aliphatic rings. The van der Waals surface area contributed by atoms with Gasteiger partial charge in [0, 0.05) is 17.5 Å². The zero-order valence-electron chi connectivity index (χ0n) is 14.8. The normalized spacial score (nSPS) is 15.0. The molecule has 138 valence electrons. The summed E-state index contributed by atoms with van der Waals surface area (Å²) >= 11 is 0. The van der Waals surface area contributed by atoms with Crippen LogP contribution in [-0.2, 0) is 6.42 Å². The second-order valence-electron chi connectivity index (χ2n) is 5.82. The number of hydrogen-bond donors (Lipinski definition) is 1. The Balaban J connectivity index is 1.67. The van der Waals surface area contributed by atoms with Gasteiger partial charge in [0.25, 0.3) is 5.91 Å². The molecule has 0 aromatic heterocycles. The lowest BCUT2D eigenvalue weighted by Gasteiger charge is -2.15. The van der Waals surface area contributed by atoms with E-state index >= 15 is 0 Å². The number of hydrogen-bond acceptors (Lipinski definition) is 5. The van der Waals surface area contributed by atoms with E-state index in [0.29, 0.717) is 41.5 Å². The molecule has 0 aliphatic carbocycles. The predicted octanol–water partition coefficient (Wildman–Crippen LogP) is 2.59. The highest BCUT2D eigenvalue weighted by Gasteiger charge is 2.24. The molecule has 3 rings (SSSR count). The van der Waals surface area contributed by atoms with Crippen LogP contribution in [-0.4, -0.2) is 39.9 Å². The first-order valence-electron chi connectivity index (χ1n) is 8.09. The van der Waals surface area contributed by atoms with E-state index in [-0.39, 0.29) is 17.8 Å². The van der Waals surface area contributed by atoms with Gasteiger partial charge < -0.3 is 24.3 Å². The van der Waals surface area contributed by atoms with E-state index in [0.717, 1.165) is 5.56 Å². The lowest BCUT2D eigenvalue weighted by atomic mass is 10.1. The van der Waals surface area contributed by atoms with Gasteiger partial charge in [-0.05, 0) is 30.3 Å². The van der Waals surface area contributed by atoms with Crippen LogP contribution in [0.4, 0.5) is 4.39 Å². The zero-order valence-corrected chi connectivity index (χ0v) is 14.8. The van der Waals surface area contributed by atoms with Crippen molar-refractivity contribution in [2.45, 2.75) is 12.5 Å². The average Bonchev–Trinajstić information content (AvgIpc) is 3.06. The Morgan fingerprint density at radius 2 is 1.85 bits per heavy atom. The van der Waals surface area contributed by atoms with Crippen LogP contribution in [0.3, 0.4) is 0 Å². The van der Waals surface area contributed by atoms with Crippen LogP contribution in [0.1, 0.15) is 15.9 Å². The minimum absolute atomic E-state index is 0.238. The molecule has 2 aromatic carbocycles. The average molecular weight is 361 g/mol. The first kappa shape index (κ1) is 17.8. The Morgan fingerprint density at radius 3 is 2.46 bits per heavy atom. The van der Waals surface area contributed by atoms with E-state index in [4.69, 9.17) is 18.9 Å². The van der Waals surface area contributed by atoms with Crippen molar-refractivity contribution in [3.05, 3.63) is 47.3 Å². The minimum atomic E-state index is -0.297. The van der Waals surface area contributed by atoms with Gasteiger partial charge >= 0.3 is 0 Å². The van der Waals surface area contributed by atoms with Gasteiger partial charge in [0.15, 0.2) is 11.5 Å². The van der Waals surface area contributed by atoms with E-state index in [1.807, 2.05) is 0 Å².